The normalized spacial score (nSPS) is 11.3. The number of amides is 1. The van der Waals surface area contributed by atoms with Crippen LogP contribution in [0.4, 0.5) is 0 Å². The molecule has 0 spiro atoms. The van der Waals surface area contributed by atoms with Crippen LogP contribution in [0, 0.1) is 0 Å². The third kappa shape index (κ3) is 4.28. The van der Waals surface area contributed by atoms with Gasteiger partial charge in [0.1, 0.15) is 10.3 Å². The summed E-state index contributed by atoms with van der Waals surface area (Å²) in [5.74, 6) is -0.386. The highest BCUT2D eigenvalue weighted by Gasteiger charge is 2.09. The van der Waals surface area contributed by atoms with Crippen LogP contribution in [0.5, 0.6) is 0 Å². The van der Waals surface area contributed by atoms with Gasteiger partial charge in [-0.1, -0.05) is 60.5 Å². The van der Waals surface area contributed by atoms with Crippen LogP contribution in [-0.2, 0) is 0 Å². The molecule has 1 amide bonds. The van der Waals surface area contributed by atoms with E-state index in [1.165, 1.54) is 12.1 Å². The molecule has 2 rings (SSSR count). The van der Waals surface area contributed by atoms with Crippen molar-refractivity contribution in [2.75, 3.05) is 0 Å². The largest absolute Gasteiger partial charge is 0.271 e. The quantitative estimate of drug-likeness (QED) is 0.527. The highest BCUT2D eigenvalue weighted by Crippen LogP contribution is 2.14. The van der Waals surface area contributed by atoms with Gasteiger partial charge in [0, 0.05) is 5.56 Å². The second kappa shape index (κ2) is 7.20. The van der Waals surface area contributed by atoms with E-state index in [-0.39, 0.29) is 16.2 Å². The Morgan fingerprint density at radius 3 is 2.33 bits per heavy atom. The van der Waals surface area contributed by atoms with E-state index in [1.54, 1.807) is 0 Å². The molecule has 21 heavy (non-hydrogen) atoms. The molecule has 0 bridgehead atoms. The number of rotatable bonds is 4. The molecule has 0 aliphatic carbocycles. The number of carbonyl (C=O) groups is 1. The van der Waals surface area contributed by atoms with Gasteiger partial charge in [0.15, 0.2) is 0 Å². The van der Waals surface area contributed by atoms with Crippen molar-refractivity contribution in [1.82, 2.24) is 10.4 Å². The fourth-order valence-corrected chi connectivity index (χ4v) is 2.22. The third-order valence-corrected chi connectivity index (χ3v) is 3.15. The number of hydrazone groups is 1. The van der Waals surface area contributed by atoms with Gasteiger partial charge >= 0.3 is 0 Å². The van der Waals surface area contributed by atoms with Crippen LogP contribution in [0.1, 0.15) is 29.3 Å². The first kappa shape index (κ1) is 15.5. The van der Waals surface area contributed by atoms with Gasteiger partial charge in [-0.2, -0.15) is 5.10 Å². The summed E-state index contributed by atoms with van der Waals surface area (Å²) >= 11 is 11.5. The van der Waals surface area contributed by atoms with Crippen LogP contribution in [0.3, 0.4) is 0 Å². The van der Waals surface area contributed by atoms with E-state index in [0.717, 1.165) is 11.3 Å². The second-order valence-corrected chi connectivity index (χ2v) is 4.99. The first-order chi connectivity index (χ1) is 10.1. The summed E-state index contributed by atoms with van der Waals surface area (Å²) in [5.41, 5.74) is 4.57. The van der Waals surface area contributed by atoms with Crippen LogP contribution in [-0.4, -0.2) is 16.6 Å². The maximum absolute atomic E-state index is 12.0. The highest BCUT2D eigenvalue weighted by atomic mass is 35.5. The number of halogens is 2. The average molecular weight is 322 g/mol. The summed E-state index contributed by atoms with van der Waals surface area (Å²) in [7, 11) is 0. The lowest BCUT2D eigenvalue weighted by Gasteiger charge is -2.05. The van der Waals surface area contributed by atoms with Crippen LogP contribution >= 0.6 is 23.2 Å². The number of hydrogen-bond acceptors (Lipinski definition) is 3. The summed E-state index contributed by atoms with van der Waals surface area (Å²) in [5, 5.41) is 4.48. The van der Waals surface area contributed by atoms with Crippen LogP contribution in [0.2, 0.25) is 10.3 Å². The van der Waals surface area contributed by atoms with Crippen molar-refractivity contribution in [3.63, 3.8) is 0 Å². The minimum atomic E-state index is -0.386. The molecule has 0 radical (unpaired) electrons. The number of carbonyl (C=O) groups excluding carboxylic acids is 1. The Bertz CT molecular complexity index is 652. The number of nitrogens with zero attached hydrogens (tertiary/aromatic N) is 2. The first-order valence-electron chi connectivity index (χ1n) is 6.35. The van der Waals surface area contributed by atoms with Gasteiger partial charge < -0.3 is 0 Å². The minimum absolute atomic E-state index is 0.162. The fraction of sp³-hybridized carbons (Fsp3) is 0.133. The second-order valence-electron chi connectivity index (χ2n) is 4.22. The zero-order valence-corrected chi connectivity index (χ0v) is 12.8. The summed E-state index contributed by atoms with van der Waals surface area (Å²) < 4.78 is 0. The van der Waals surface area contributed by atoms with Crippen molar-refractivity contribution in [3.05, 3.63) is 63.9 Å². The molecule has 0 unspecified atom stereocenters. The lowest BCUT2D eigenvalue weighted by molar-refractivity contribution is 0.0954. The Labute approximate surface area is 132 Å². The maximum Gasteiger partial charge on any atom is 0.271 e. The summed E-state index contributed by atoms with van der Waals surface area (Å²) in [4.78, 5) is 15.8. The summed E-state index contributed by atoms with van der Waals surface area (Å²) in [6, 6.07) is 12.5. The molecule has 0 atom stereocenters. The third-order valence-electron chi connectivity index (χ3n) is 2.76. The number of aromatic nitrogens is 1. The molecule has 2 aromatic rings. The van der Waals surface area contributed by atoms with Crippen LogP contribution in [0.25, 0.3) is 0 Å². The molecule has 1 aromatic heterocycles. The van der Waals surface area contributed by atoms with E-state index in [2.05, 4.69) is 15.5 Å². The molecule has 0 fully saturated rings. The predicted octanol–water partition coefficient (Wildman–Crippen LogP) is 3.93. The zero-order chi connectivity index (χ0) is 15.2. The van der Waals surface area contributed by atoms with Gasteiger partial charge in [-0.15, -0.1) is 0 Å². The topological polar surface area (TPSA) is 54.4 Å². The lowest BCUT2D eigenvalue weighted by Crippen LogP contribution is -2.20. The lowest BCUT2D eigenvalue weighted by atomic mass is 10.1. The van der Waals surface area contributed by atoms with Crippen molar-refractivity contribution < 1.29 is 4.79 Å². The van der Waals surface area contributed by atoms with Gasteiger partial charge in [0.05, 0.1) is 5.71 Å². The van der Waals surface area contributed by atoms with Crippen molar-refractivity contribution in [1.29, 1.82) is 0 Å². The molecule has 1 aromatic carbocycles. The number of pyridine rings is 1. The van der Waals surface area contributed by atoms with E-state index in [0.29, 0.717) is 12.0 Å². The Balaban J connectivity index is 2.17. The Hall–Kier alpha value is -1.91. The van der Waals surface area contributed by atoms with Gasteiger partial charge in [-0.25, -0.2) is 10.4 Å². The molecule has 0 aliphatic heterocycles. The molecule has 0 aliphatic rings. The van der Waals surface area contributed by atoms with E-state index < -0.39 is 0 Å². The zero-order valence-electron chi connectivity index (χ0n) is 11.3. The van der Waals surface area contributed by atoms with Crippen molar-refractivity contribution in [3.8, 4) is 0 Å². The summed E-state index contributed by atoms with van der Waals surface area (Å²) in [6.45, 7) is 1.97. The van der Waals surface area contributed by atoms with Crippen molar-refractivity contribution in [2.45, 2.75) is 13.3 Å². The van der Waals surface area contributed by atoms with Crippen LogP contribution < -0.4 is 5.43 Å². The van der Waals surface area contributed by atoms with E-state index >= 15 is 0 Å². The van der Waals surface area contributed by atoms with Crippen LogP contribution in [0.15, 0.2) is 47.6 Å². The van der Waals surface area contributed by atoms with E-state index in [4.69, 9.17) is 23.2 Å². The Morgan fingerprint density at radius 2 is 1.76 bits per heavy atom. The summed E-state index contributed by atoms with van der Waals surface area (Å²) in [6.07, 6.45) is 0.697. The average Bonchev–Trinajstić information content (AvgIpc) is 2.47. The van der Waals surface area contributed by atoms with Gasteiger partial charge in [0.25, 0.3) is 5.91 Å². The molecule has 108 valence electrons. The Kier molecular flexibility index (Phi) is 5.31. The molecule has 1 heterocycles. The van der Waals surface area contributed by atoms with Gasteiger partial charge in [0.2, 0.25) is 0 Å². The predicted molar refractivity (Wildman–Crippen MR) is 85.0 cm³/mol. The number of nitrogens with one attached hydrogen (secondary N) is 1. The maximum atomic E-state index is 12.0. The monoisotopic (exact) mass is 321 g/mol. The van der Waals surface area contributed by atoms with Gasteiger partial charge in [-0.3, -0.25) is 4.79 Å². The number of hydrogen-bond donors (Lipinski definition) is 1. The Morgan fingerprint density at radius 1 is 1.14 bits per heavy atom. The first-order valence-corrected chi connectivity index (χ1v) is 7.11. The molecule has 1 N–H and O–H groups in total. The molecule has 0 saturated carbocycles. The van der Waals surface area contributed by atoms with E-state index in [1.807, 2.05) is 37.3 Å². The molecular formula is C15H13Cl2N3O. The minimum Gasteiger partial charge on any atom is -0.267 e. The SMILES string of the molecule is CCC(=NNC(=O)c1cc(Cl)nc(Cl)c1)c1ccccc1. The van der Waals surface area contributed by atoms with E-state index in [9.17, 15) is 4.79 Å². The standard InChI is InChI=1S/C15H13Cl2N3O/c1-2-12(10-6-4-3-5-7-10)19-20-15(21)11-8-13(16)18-14(17)9-11/h3-9H,2H2,1H3,(H,20,21). The van der Waals surface area contributed by atoms with Gasteiger partial charge in [-0.05, 0) is 24.1 Å². The fourth-order valence-electron chi connectivity index (χ4n) is 1.76. The smallest absolute Gasteiger partial charge is 0.267 e. The molecule has 6 heteroatoms. The molecule has 0 saturated heterocycles. The number of benzene rings is 1. The highest BCUT2D eigenvalue weighted by molar-refractivity contribution is 6.33. The molecular weight excluding hydrogens is 309 g/mol. The van der Waals surface area contributed by atoms with Crippen molar-refractivity contribution >= 4 is 34.8 Å². The molecule has 4 nitrogen and oxygen atoms in total. The van der Waals surface area contributed by atoms with Crippen molar-refractivity contribution in [2.24, 2.45) is 5.10 Å².